The van der Waals surface area contributed by atoms with E-state index in [0.717, 1.165) is 68.6 Å². The summed E-state index contributed by atoms with van der Waals surface area (Å²) in [6.07, 6.45) is 1.24. The number of nitrogens with zero attached hydrogens (tertiary/aromatic N) is 5. The molecule has 1 unspecified atom stereocenters. The van der Waals surface area contributed by atoms with Crippen molar-refractivity contribution in [3.05, 3.63) is 11.1 Å². The van der Waals surface area contributed by atoms with Gasteiger partial charge in [0.25, 0.3) is 0 Å². The average molecular weight is 381 g/mol. The Hall–Kier alpha value is -1.38. The molecule has 0 saturated carbocycles. The topological polar surface area (TPSA) is 56.2 Å². The smallest absolute Gasteiger partial charge is 0.194 e. The SMILES string of the molecule is CCNC(=NCc1csc(N(C)C)n1)N1CCC(CN2CCOCC2)C1. The first-order valence-electron chi connectivity index (χ1n) is 9.60. The molecule has 3 heterocycles. The van der Waals surface area contributed by atoms with Crippen molar-refractivity contribution in [3.8, 4) is 0 Å². The number of aromatic nitrogens is 1. The molecule has 1 aromatic rings. The van der Waals surface area contributed by atoms with Crippen molar-refractivity contribution in [1.82, 2.24) is 20.1 Å². The van der Waals surface area contributed by atoms with Gasteiger partial charge in [0.15, 0.2) is 11.1 Å². The normalized spacial score (nSPS) is 22.0. The van der Waals surface area contributed by atoms with E-state index in [1.165, 1.54) is 13.0 Å². The van der Waals surface area contributed by atoms with E-state index in [0.29, 0.717) is 6.54 Å². The van der Waals surface area contributed by atoms with Crippen LogP contribution in [0, 0.1) is 5.92 Å². The van der Waals surface area contributed by atoms with Crippen molar-refractivity contribution in [2.75, 3.05) is 71.5 Å². The van der Waals surface area contributed by atoms with Gasteiger partial charge in [-0.25, -0.2) is 9.98 Å². The number of rotatable bonds is 6. The van der Waals surface area contributed by atoms with E-state index < -0.39 is 0 Å². The van der Waals surface area contributed by atoms with Gasteiger partial charge in [-0.3, -0.25) is 4.90 Å². The third kappa shape index (κ3) is 5.31. The largest absolute Gasteiger partial charge is 0.379 e. The van der Waals surface area contributed by atoms with E-state index in [4.69, 9.17) is 9.73 Å². The van der Waals surface area contributed by atoms with Gasteiger partial charge in [-0.1, -0.05) is 0 Å². The third-order valence-electron chi connectivity index (χ3n) is 4.85. The van der Waals surface area contributed by atoms with Crippen LogP contribution in [0.3, 0.4) is 0 Å². The lowest BCUT2D eigenvalue weighted by Gasteiger charge is -2.29. The van der Waals surface area contributed by atoms with Crippen LogP contribution in [0.5, 0.6) is 0 Å². The first-order chi connectivity index (χ1) is 12.7. The quantitative estimate of drug-likeness (QED) is 0.594. The Labute approximate surface area is 161 Å². The summed E-state index contributed by atoms with van der Waals surface area (Å²) in [5, 5.41) is 6.60. The Balaban J connectivity index is 1.54. The Morgan fingerprint density at radius 2 is 2.19 bits per heavy atom. The van der Waals surface area contributed by atoms with Gasteiger partial charge in [0.05, 0.1) is 25.5 Å². The minimum Gasteiger partial charge on any atom is -0.379 e. The Bertz CT molecular complexity index is 584. The van der Waals surface area contributed by atoms with Gasteiger partial charge >= 0.3 is 0 Å². The summed E-state index contributed by atoms with van der Waals surface area (Å²) in [6.45, 7) is 10.9. The van der Waals surface area contributed by atoms with Crippen molar-refractivity contribution >= 4 is 22.4 Å². The minimum atomic E-state index is 0.636. The zero-order valence-electron chi connectivity index (χ0n) is 16.3. The minimum absolute atomic E-state index is 0.636. The summed E-state index contributed by atoms with van der Waals surface area (Å²) in [6, 6.07) is 0. The summed E-state index contributed by atoms with van der Waals surface area (Å²) < 4.78 is 5.46. The maximum Gasteiger partial charge on any atom is 0.194 e. The van der Waals surface area contributed by atoms with E-state index in [2.05, 4.69) is 32.4 Å². The molecule has 1 N–H and O–H groups in total. The third-order valence-corrected chi connectivity index (χ3v) is 5.91. The lowest BCUT2D eigenvalue weighted by Crippen LogP contribution is -2.42. The molecule has 0 amide bonds. The molecular weight excluding hydrogens is 348 g/mol. The molecular formula is C18H32N6OS. The van der Waals surface area contributed by atoms with Crippen LogP contribution in [-0.2, 0) is 11.3 Å². The number of morpholine rings is 1. The second-order valence-corrected chi connectivity index (χ2v) is 8.04. The van der Waals surface area contributed by atoms with E-state index in [-0.39, 0.29) is 0 Å². The Kier molecular flexibility index (Phi) is 7.10. The monoisotopic (exact) mass is 380 g/mol. The predicted octanol–water partition coefficient (Wildman–Crippen LogP) is 1.33. The molecule has 2 fully saturated rings. The molecule has 3 rings (SSSR count). The van der Waals surface area contributed by atoms with Gasteiger partial charge in [0, 0.05) is 58.7 Å². The maximum atomic E-state index is 5.46. The average Bonchev–Trinajstić information content (AvgIpc) is 3.29. The molecule has 146 valence electrons. The van der Waals surface area contributed by atoms with Crippen LogP contribution >= 0.6 is 11.3 Å². The standard InChI is InChI=1S/C18H32N6OS/c1-4-19-17(20-11-16-14-26-18(21-16)22(2)3)24-6-5-15(13-24)12-23-7-9-25-10-8-23/h14-15H,4-13H2,1-3H3,(H,19,20). The molecule has 0 bridgehead atoms. The zero-order chi connectivity index (χ0) is 18.4. The number of nitrogens with one attached hydrogen (secondary N) is 1. The highest BCUT2D eigenvalue weighted by Crippen LogP contribution is 2.20. The van der Waals surface area contributed by atoms with Gasteiger partial charge < -0.3 is 19.9 Å². The number of hydrogen-bond donors (Lipinski definition) is 1. The molecule has 2 saturated heterocycles. The summed E-state index contributed by atoms with van der Waals surface area (Å²) in [4.78, 5) is 16.5. The summed E-state index contributed by atoms with van der Waals surface area (Å²) >= 11 is 1.67. The summed E-state index contributed by atoms with van der Waals surface area (Å²) in [5.74, 6) is 1.74. The molecule has 1 atom stereocenters. The fourth-order valence-electron chi connectivity index (χ4n) is 3.48. The second-order valence-electron chi connectivity index (χ2n) is 7.20. The van der Waals surface area contributed by atoms with Gasteiger partial charge in [-0.05, 0) is 19.3 Å². The van der Waals surface area contributed by atoms with Crippen molar-refractivity contribution in [1.29, 1.82) is 0 Å². The van der Waals surface area contributed by atoms with Crippen LogP contribution < -0.4 is 10.2 Å². The predicted molar refractivity (Wildman–Crippen MR) is 108 cm³/mol. The maximum absolute atomic E-state index is 5.46. The highest BCUT2D eigenvalue weighted by Gasteiger charge is 2.27. The van der Waals surface area contributed by atoms with Crippen LogP contribution in [0.2, 0.25) is 0 Å². The Morgan fingerprint density at radius 1 is 1.38 bits per heavy atom. The van der Waals surface area contributed by atoms with E-state index in [9.17, 15) is 0 Å². The molecule has 8 heteroatoms. The number of ether oxygens (including phenoxy) is 1. The lowest BCUT2D eigenvalue weighted by atomic mass is 10.1. The van der Waals surface area contributed by atoms with Crippen molar-refractivity contribution in [2.24, 2.45) is 10.9 Å². The van der Waals surface area contributed by atoms with Crippen molar-refractivity contribution < 1.29 is 4.74 Å². The summed E-state index contributed by atoms with van der Waals surface area (Å²) in [7, 11) is 4.05. The van der Waals surface area contributed by atoms with Crippen LogP contribution in [-0.4, -0.2) is 87.3 Å². The number of aliphatic imine (C=N–C) groups is 1. The fraction of sp³-hybridized carbons (Fsp3) is 0.778. The molecule has 26 heavy (non-hydrogen) atoms. The van der Waals surface area contributed by atoms with Gasteiger partial charge in [0.2, 0.25) is 0 Å². The molecule has 0 aromatic carbocycles. The fourth-order valence-corrected chi connectivity index (χ4v) is 4.23. The van der Waals surface area contributed by atoms with Crippen LogP contribution in [0.1, 0.15) is 19.0 Å². The number of guanidine groups is 1. The lowest BCUT2D eigenvalue weighted by molar-refractivity contribution is 0.0315. The van der Waals surface area contributed by atoms with E-state index in [1.807, 2.05) is 19.0 Å². The number of thiazole rings is 1. The van der Waals surface area contributed by atoms with E-state index >= 15 is 0 Å². The number of hydrogen-bond acceptors (Lipinski definition) is 6. The van der Waals surface area contributed by atoms with Crippen molar-refractivity contribution in [3.63, 3.8) is 0 Å². The van der Waals surface area contributed by atoms with Gasteiger partial charge in [-0.15, -0.1) is 11.3 Å². The van der Waals surface area contributed by atoms with Crippen LogP contribution in [0.15, 0.2) is 10.4 Å². The van der Waals surface area contributed by atoms with Gasteiger partial charge in [0.1, 0.15) is 0 Å². The highest BCUT2D eigenvalue weighted by atomic mass is 32.1. The van der Waals surface area contributed by atoms with Crippen molar-refractivity contribution in [2.45, 2.75) is 19.9 Å². The zero-order valence-corrected chi connectivity index (χ0v) is 17.1. The highest BCUT2D eigenvalue weighted by molar-refractivity contribution is 7.13. The number of likely N-dealkylation sites (tertiary alicyclic amines) is 1. The molecule has 2 aliphatic rings. The van der Waals surface area contributed by atoms with Gasteiger partial charge in [-0.2, -0.15) is 0 Å². The van der Waals surface area contributed by atoms with Crippen LogP contribution in [0.25, 0.3) is 0 Å². The second kappa shape index (κ2) is 9.53. The van der Waals surface area contributed by atoms with Crippen LogP contribution in [0.4, 0.5) is 5.13 Å². The van der Waals surface area contributed by atoms with E-state index in [1.54, 1.807) is 11.3 Å². The molecule has 0 aliphatic carbocycles. The molecule has 2 aliphatic heterocycles. The Morgan fingerprint density at radius 3 is 2.88 bits per heavy atom. The molecule has 1 aromatic heterocycles. The molecule has 0 radical (unpaired) electrons. The molecule has 0 spiro atoms. The number of anilines is 1. The molecule has 7 nitrogen and oxygen atoms in total. The summed E-state index contributed by atoms with van der Waals surface area (Å²) in [5.41, 5.74) is 1.04. The first kappa shape index (κ1) is 19.4. The first-order valence-corrected chi connectivity index (χ1v) is 10.5.